The number of pyridine rings is 1. The van der Waals surface area contributed by atoms with Crippen LogP contribution in [0.25, 0.3) is 11.4 Å². The maximum absolute atomic E-state index is 5.65. The van der Waals surface area contributed by atoms with Crippen LogP contribution in [0, 0.1) is 0 Å². The first-order chi connectivity index (χ1) is 9.22. The van der Waals surface area contributed by atoms with Crippen molar-refractivity contribution in [3.8, 4) is 23.3 Å². The van der Waals surface area contributed by atoms with Gasteiger partial charge in [0.05, 0.1) is 13.7 Å². The Kier molecular flexibility index (Phi) is 4.07. The van der Waals surface area contributed by atoms with Crippen LogP contribution in [-0.2, 0) is 0 Å². The molecule has 2 N–H and O–H groups in total. The summed E-state index contributed by atoms with van der Waals surface area (Å²) in [6.07, 6.45) is 2.48. The highest BCUT2D eigenvalue weighted by molar-refractivity contribution is 5.57. The molecule has 2 aromatic heterocycles. The Hall–Kier alpha value is -2.44. The van der Waals surface area contributed by atoms with Crippen LogP contribution in [0.15, 0.2) is 18.3 Å². The molecule has 0 saturated carbocycles. The van der Waals surface area contributed by atoms with Crippen molar-refractivity contribution in [2.24, 2.45) is 0 Å². The fourth-order valence-electron chi connectivity index (χ4n) is 1.42. The number of methoxy groups -OCH3 is 1. The number of rotatable bonds is 5. The number of nitrogens with two attached hydrogens (primary N) is 1. The van der Waals surface area contributed by atoms with Gasteiger partial charge in [-0.25, -0.2) is 4.98 Å². The summed E-state index contributed by atoms with van der Waals surface area (Å²) in [5.41, 5.74) is 6.39. The first-order valence-electron chi connectivity index (χ1n) is 5.87. The molecule has 0 amide bonds. The van der Waals surface area contributed by atoms with E-state index in [4.69, 9.17) is 15.2 Å². The highest BCUT2D eigenvalue weighted by Crippen LogP contribution is 2.20. The van der Waals surface area contributed by atoms with Crippen molar-refractivity contribution in [3.63, 3.8) is 0 Å². The van der Waals surface area contributed by atoms with Gasteiger partial charge in [0.25, 0.3) is 0 Å². The number of nitrogens with zero attached hydrogens (tertiary/aromatic N) is 4. The summed E-state index contributed by atoms with van der Waals surface area (Å²) in [4.78, 5) is 16.2. The Bertz CT molecular complexity index is 562. The summed E-state index contributed by atoms with van der Waals surface area (Å²) in [5, 5.41) is 0. The molecule has 0 aliphatic rings. The van der Waals surface area contributed by atoms with Crippen LogP contribution >= 0.6 is 0 Å². The van der Waals surface area contributed by atoms with Crippen molar-refractivity contribution in [2.75, 3.05) is 19.5 Å². The molecule has 0 fully saturated rings. The number of ether oxygens (including phenoxy) is 2. The molecule has 0 aromatic carbocycles. The van der Waals surface area contributed by atoms with E-state index in [-0.39, 0.29) is 12.0 Å². The molecule has 2 aromatic rings. The van der Waals surface area contributed by atoms with Gasteiger partial charge in [0.2, 0.25) is 11.8 Å². The minimum absolute atomic E-state index is 0.117. The maximum atomic E-state index is 5.65. The Morgan fingerprint density at radius 2 is 2.11 bits per heavy atom. The number of hydrogen-bond donors (Lipinski definition) is 1. The second kappa shape index (κ2) is 5.94. The van der Waals surface area contributed by atoms with E-state index >= 15 is 0 Å². The lowest BCUT2D eigenvalue weighted by atomic mass is 10.2. The SMILES string of the molecule is CCCOc1nc(N)nc(-c2ccnc(OC)c2)n1. The topological polar surface area (TPSA) is 96.0 Å². The Morgan fingerprint density at radius 1 is 1.26 bits per heavy atom. The summed E-state index contributed by atoms with van der Waals surface area (Å²) in [5.74, 6) is 1.03. The summed E-state index contributed by atoms with van der Waals surface area (Å²) in [6.45, 7) is 2.53. The van der Waals surface area contributed by atoms with E-state index < -0.39 is 0 Å². The summed E-state index contributed by atoms with van der Waals surface area (Å²) in [6, 6.07) is 3.71. The zero-order valence-corrected chi connectivity index (χ0v) is 10.8. The summed E-state index contributed by atoms with van der Waals surface area (Å²) in [7, 11) is 1.55. The van der Waals surface area contributed by atoms with Crippen molar-refractivity contribution in [1.82, 2.24) is 19.9 Å². The third kappa shape index (κ3) is 3.27. The smallest absolute Gasteiger partial charge is 0.321 e. The first-order valence-corrected chi connectivity index (χ1v) is 5.87. The number of hydrogen-bond acceptors (Lipinski definition) is 7. The lowest BCUT2D eigenvalue weighted by Gasteiger charge is -2.06. The van der Waals surface area contributed by atoms with Crippen LogP contribution in [0.1, 0.15) is 13.3 Å². The van der Waals surface area contributed by atoms with Gasteiger partial charge in [-0.1, -0.05) is 6.92 Å². The van der Waals surface area contributed by atoms with Crippen LogP contribution in [0.2, 0.25) is 0 Å². The van der Waals surface area contributed by atoms with E-state index in [9.17, 15) is 0 Å². The molecule has 0 radical (unpaired) electrons. The summed E-state index contributed by atoms with van der Waals surface area (Å²) < 4.78 is 10.4. The van der Waals surface area contributed by atoms with Crippen molar-refractivity contribution in [2.45, 2.75) is 13.3 Å². The van der Waals surface area contributed by atoms with Crippen LogP contribution in [0.3, 0.4) is 0 Å². The van der Waals surface area contributed by atoms with E-state index in [1.54, 1.807) is 25.4 Å². The Labute approximate surface area is 110 Å². The highest BCUT2D eigenvalue weighted by Gasteiger charge is 2.09. The van der Waals surface area contributed by atoms with Crippen molar-refractivity contribution in [3.05, 3.63) is 18.3 Å². The average molecular weight is 261 g/mol. The number of anilines is 1. The lowest BCUT2D eigenvalue weighted by molar-refractivity contribution is 0.292. The van der Waals surface area contributed by atoms with Crippen LogP contribution in [0.4, 0.5) is 5.95 Å². The molecule has 0 saturated heterocycles. The van der Waals surface area contributed by atoms with Gasteiger partial charge >= 0.3 is 6.01 Å². The third-order valence-electron chi connectivity index (χ3n) is 2.27. The van der Waals surface area contributed by atoms with Gasteiger partial charge in [0.1, 0.15) is 0 Å². The number of aromatic nitrogens is 4. The predicted molar refractivity (Wildman–Crippen MR) is 69.8 cm³/mol. The number of nitrogen functional groups attached to an aromatic ring is 1. The zero-order chi connectivity index (χ0) is 13.7. The van der Waals surface area contributed by atoms with E-state index in [0.717, 1.165) is 12.0 Å². The van der Waals surface area contributed by atoms with Crippen molar-refractivity contribution >= 4 is 5.95 Å². The molecule has 2 heterocycles. The van der Waals surface area contributed by atoms with Crippen molar-refractivity contribution in [1.29, 1.82) is 0 Å². The molecule has 0 bridgehead atoms. The predicted octanol–water partition coefficient (Wildman–Crippen LogP) is 1.31. The second-order valence-corrected chi connectivity index (χ2v) is 3.74. The van der Waals surface area contributed by atoms with Gasteiger partial charge in [-0.15, -0.1) is 0 Å². The molecule has 0 unspecified atom stereocenters. The first kappa shape index (κ1) is 13.0. The minimum Gasteiger partial charge on any atom is -0.481 e. The Morgan fingerprint density at radius 3 is 2.84 bits per heavy atom. The maximum Gasteiger partial charge on any atom is 0.321 e. The molecule has 0 aliphatic carbocycles. The molecule has 19 heavy (non-hydrogen) atoms. The van der Waals surface area contributed by atoms with Gasteiger partial charge in [-0.2, -0.15) is 15.0 Å². The zero-order valence-electron chi connectivity index (χ0n) is 10.8. The van der Waals surface area contributed by atoms with Gasteiger partial charge < -0.3 is 15.2 Å². The van der Waals surface area contributed by atoms with Crippen LogP contribution in [0.5, 0.6) is 11.9 Å². The lowest BCUT2D eigenvalue weighted by Crippen LogP contribution is -2.05. The molecular formula is C12H15N5O2. The van der Waals surface area contributed by atoms with Gasteiger partial charge in [0, 0.05) is 17.8 Å². The fourth-order valence-corrected chi connectivity index (χ4v) is 1.42. The van der Waals surface area contributed by atoms with Crippen molar-refractivity contribution < 1.29 is 9.47 Å². The van der Waals surface area contributed by atoms with E-state index in [1.165, 1.54) is 0 Å². The third-order valence-corrected chi connectivity index (χ3v) is 2.27. The standard InChI is InChI=1S/C12H15N5O2/c1-3-6-19-12-16-10(15-11(13)17-12)8-4-5-14-9(7-8)18-2/h4-5,7H,3,6H2,1-2H3,(H2,13,15,16,17). The average Bonchev–Trinajstić information content (AvgIpc) is 2.44. The Balaban J connectivity index is 2.34. The second-order valence-electron chi connectivity index (χ2n) is 3.74. The molecule has 100 valence electrons. The molecule has 0 atom stereocenters. The van der Waals surface area contributed by atoms with Gasteiger partial charge in [-0.05, 0) is 12.5 Å². The van der Waals surface area contributed by atoms with Gasteiger partial charge in [0.15, 0.2) is 5.82 Å². The van der Waals surface area contributed by atoms with E-state index in [1.807, 2.05) is 6.92 Å². The van der Waals surface area contributed by atoms with E-state index in [2.05, 4.69) is 19.9 Å². The van der Waals surface area contributed by atoms with E-state index in [0.29, 0.717) is 18.3 Å². The molecule has 0 aliphatic heterocycles. The fraction of sp³-hybridized carbons (Fsp3) is 0.333. The summed E-state index contributed by atoms with van der Waals surface area (Å²) >= 11 is 0. The monoisotopic (exact) mass is 261 g/mol. The van der Waals surface area contributed by atoms with Crippen LogP contribution in [-0.4, -0.2) is 33.7 Å². The van der Waals surface area contributed by atoms with Crippen LogP contribution < -0.4 is 15.2 Å². The quantitative estimate of drug-likeness (QED) is 0.866. The molecule has 7 nitrogen and oxygen atoms in total. The molecule has 7 heteroatoms. The molecular weight excluding hydrogens is 246 g/mol. The molecule has 0 spiro atoms. The normalized spacial score (nSPS) is 10.2. The highest BCUT2D eigenvalue weighted by atomic mass is 16.5. The molecule has 2 rings (SSSR count). The minimum atomic E-state index is 0.117. The largest absolute Gasteiger partial charge is 0.481 e. The van der Waals surface area contributed by atoms with Gasteiger partial charge in [-0.3, -0.25) is 0 Å².